The molecule has 0 aliphatic heterocycles. The number of rotatable bonds is 4. The molecule has 2 nitrogen and oxygen atoms in total. The Morgan fingerprint density at radius 1 is 0.900 bits per heavy atom. The Morgan fingerprint density at radius 2 is 1.45 bits per heavy atom. The van der Waals surface area contributed by atoms with E-state index in [0.29, 0.717) is 20.6 Å². The van der Waals surface area contributed by atoms with E-state index in [1.807, 2.05) is 18.2 Å². The molecule has 0 saturated heterocycles. The first kappa shape index (κ1) is 15.6. The van der Waals surface area contributed by atoms with Crippen molar-refractivity contribution in [1.29, 1.82) is 0 Å². The smallest absolute Gasteiger partial charge is 0.0900 e. The molecule has 2 aromatic rings. The standard InChI is InChI=1S/C15H14Cl3NO/c16-11-5-2-1-4-9(11)10(8-19)15(20)14-12(17)6-3-7-13(14)18/h1-7,10,15,20H,8,19H2. The maximum Gasteiger partial charge on any atom is 0.0900 e. The zero-order chi connectivity index (χ0) is 14.7. The summed E-state index contributed by atoms with van der Waals surface area (Å²) in [7, 11) is 0. The van der Waals surface area contributed by atoms with Crippen molar-refractivity contribution < 1.29 is 5.11 Å². The summed E-state index contributed by atoms with van der Waals surface area (Å²) in [6.45, 7) is 0.229. The van der Waals surface area contributed by atoms with Gasteiger partial charge >= 0.3 is 0 Å². The summed E-state index contributed by atoms with van der Waals surface area (Å²) < 4.78 is 0. The van der Waals surface area contributed by atoms with Crippen LogP contribution in [0.3, 0.4) is 0 Å². The van der Waals surface area contributed by atoms with E-state index in [9.17, 15) is 5.11 Å². The van der Waals surface area contributed by atoms with Crippen molar-refractivity contribution in [2.75, 3.05) is 6.54 Å². The van der Waals surface area contributed by atoms with Crippen LogP contribution >= 0.6 is 34.8 Å². The summed E-state index contributed by atoms with van der Waals surface area (Å²) in [6, 6.07) is 12.4. The molecule has 0 fully saturated rings. The van der Waals surface area contributed by atoms with Gasteiger partial charge in [-0.1, -0.05) is 59.1 Å². The highest BCUT2D eigenvalue weighted by Crippen LogP contribution is 2.39. The quantitative estimate of drug-likeness (QED) is 0.871. The van der Waals surface area contributed by atoms with Crippen LogP contribution < -0.4 is 5.73 Å². The fourth-order valence-corrected chi connectivity index (χ4v) is 3.09. The molecule has 106 valence electrons. The summed E-state index contributed by atoms with van der Waals surface area (Å²) >= 11 is 18.4. The SMILES string of the molecule is NCC(c1ccccc1Cl)C(O)c1c(Cl)cccc1Cl. The van der Waals surface area contributed by atoms with Crippen LogP contribution in [0.15, 0.2) is 42.5 Å². The number of benzene rings is 2. The van der Waals surface area contributed by atoms with E-state index < -0.39 is 6.10 Å². The molecule has 2 aromatic carbocycles. The molecule has 20 heavy (non-hydrogen) atoms. The first-order valence-electron chi connectivity index (χ1n) is 6.12. The van der Waals surface area contributed by atoms with Crippen LogP contribution in [0.5, 0.6) is 0 Å². The summed E-state index contributed by atoms with van der Waals surface area (Å²) in [6.07, 6.45) is -0.916. The summed E-state index contributed by atoms with van der Waals surface area (Å²) in [5.74, 6) is -0.374. The molecule has 0 amide bonds. The Bertz CT molecular complexity index is 583. The molecule has 2 atom stereocenters. The van der Waals surface area contributed by atoms with Crippen LogP contribution in [0.25, 0.3) is 0 Å². The van der Waals surface area contributed by atoms with Gasteiger partial charge in [-0.2, -0.15) is 0 Å². The predicted octanol–water partition coefficient (Wildman–Crippen LogP) is 4.42. The largest absolute Gasteiger partial charge is 0.388 e. The van der Waals surface area contributed by atoms with Crippen LogP contribution in [0, 0.1) is 0 Å². The highest BCUT2D eigenvalue weighted by Gasteiger charge is 2.26. The van der Waals surface area contributed by atoms with Crippen LogP contribution in [0.2, 0.25) is 15.1 Å². The molecule has 0 heterocycles. The van der Waals surface area contributed by atoms with Gasteiger partial charge < -0.3 is 10.8 Å². The number of nitrogens with two attached hydrogens (primary N) is 1. The van der Waals surface area contributed by atoms with E-state index in [0.717, 1.165) is 5.56 Å². The van der Waals surface area contributed by atoms with Gasteiger partial charge in [-0.05, 0) is 23.8 Å². The molecule has 0 aromatic heterocycles. The van der Waals surface area contributed by atoms with E-state index in [2.05, 4.69) is 0 Å². The normalized spacial score (nSPS) is 14.1. The lowest BCUT2D eigenvalue weighted by Gasteiger charge is -2.24. The van der Waals surface area contributed by atoms with Crippen molar-refractivity contribution >= 4 is 34.8 Å². The Hall–Kier alpha value is -0.770. The first-order chi connectivity index (χ1) is 9.56. The third kappa shape index (κ3) is 3.11. The van der Waals surface area contributed by atoms with Gasteiger partial charge in [0.05, 0.1) is 6.10 Å². The molecule has 0 saturated carbocycles. The zero-order valence-electron chi connectivity index (χ0n) is 10.6. The Morgan fingerprint density at radius 3 is 2.00 bits per heavy atom. The molecule has 2 unspecified atom stereocenters. The summed E-state index contributed by atoms with van der Waals surface area (Å²) in [5.41, 5.74) is 7.06. The second-order valence-electron chi connectivity index (χ2n) is 4.44. The average molecular weight is 331 g/mol. The van der Waals surface area contributed by atoms with Crippen LogP contribution in [-0.2, 0) is 0 Å². The maximum absolute atomic E-state index is 10.6. The highest BCUT2D eigenvalue weighted by molar-refractivity contribution is 6.36. The minimum absolute atomic E-state index is 0.229. The second kappa shape index (κ2) is 6.79. The van der Waals surface area contributed by atoms with Gasteiger partial charge in [-0.3, -0.25) is 0 Å². The minimum atomic E-state index is -0.916. The second-order valence-corrected chi connectivity index (χ2v) is 5.67. The number of halogens is 3. The highest BCUT2D eigenvalue weighted by atomic mass is 35.5. The molecule has 3 N–H and O–H groups in total. The molecular formula is C15H14Cl3NO. The fraction of sp³-hybridized carbons (Fsp3) is 0.200. The number of aliphatic hydroxyl groups is 1. The van der Waals surface area contributed by atoms with Gasteiger partial charge in [0, 0.05) is 33.1 Å². The zero-order valence-corrected chi connectivity index (χ0v) is 12.8. The third-order valence-electron chi connectivity index (χ3n) is 3.24. The van der Waals surface area contributed by atoms with Gasteiger partial charge in [0.2, 0.25) is 0 Å². The minimum Gasteiger partial charge on any atom is -0.388 e. The third-order valence-corrected chi connectivity index (χ3v) is 4.24. The average Bonchev–Trinajstić information content (AvgIpc) is 2.41. The summed E-state index contributed by atoms with van der Waals surface area (Å²) in [4.78, 5) is 0. The maximum atomic E-state index is 10.6. The predicted molar refractivity (Wildman–Crippen MR) is 84.7 cm³/mol. The van der Waals surface area contributed by atoms with Gasteiger partial charge in [0.1, 0.15) is 0 Å². The van der Waals surface area contributed by atoms with Crippen molar-refractivity contribution in [3.8, 4) is 0 Å². The van der Waals surface area contributed by atoms with Crippen molar-refractivity contribution in [1.82, 2.24) is 0 Å². The lowest BCUT2D eigenvalue weighted by atomic mass is 9.89. The van der Waals surface area contributed by atoms with Crippen molar-refractivity contribution in [3.05, 3.63) is 68.7 Å². The monoisotopic (exact) mass is 329 g/mol. The van der Waals surface area contributed by atoms with Gasteiger partial charge in [0.15, 0.2) is 0 Å². The van der Waals surface area contributed by atoms with Crippen LogP contribution in [-0.4, -0.2) is 11.7 Å². The van der Waals surface area contributed by atoms with E-state index in [1.165, 1.54) is 0 Å². The molecule has 0 bridgehead atoms. The van der Waals surface area contributed by atoms with E-state index in [-0.39, 0.29) is 12.5 Å². The Balaban J connectivity index is 2.45. The van der Waals surface area contributed by atoms with Crippen LogP contribution in [0.4, 0.5) is 0 Å². The van der Waals surface area contributed by atoms with Crippen molar-refractivity contribution in [3.63, 3.8) is 0 Å². The molecule has 0 spiro atoms. The number of hydrogen-bond donors (Lipinski definition) is 2. The molecule has 0 aliphatic carbocycles. The van der Waals surface area contributed by atoms with Crippen molar-refractivity contribution in [2.45, 2.75) is 12.0 Å². The fourth-order valence-electron chi connectivity index (χ4n) is 2.20. The lowest BCUT2D eigenvalue weighted by Crippen LogP contribution is -2.21. The Labute approximate surface area is 133 Å². The summed E-state index contributed by atoms with van der Waals surface area (Å²) in [5, 5.41) is 12.0. The molecule has 0 radical (unpaired) electrons. The number of aliphatic hydroxyl groups excluding tert-OH is 1. The van der Waals surface area contributed by atoms with E-state index >= 15 is 0 Å². The Kier molecular flexibility index (Phi) is 5.30. The van der Waals surface area contributed by atoms with Gasteiger partial charge in [-0.15, -0.1) is 0 Å². The molecule has 5 heteroatoms. The molecule has 2 rings (SSSR count). The number of hydrogen-bond acceptors (Lipinski definition) is 2. The molecular weight excluding hydrogens is 317 g/mol. The molecule has 0 aliphatic rings. The van der Waals surface area contributed by atoms with Crippen molar-refractivity contribution in [2.24, 2.45) is 5.73 Å². The van der Waals surface area contributed by atoms with Crippen LogP contribution in [0.1, 0.15) is 23.1 Å². The van der Waals surface area contributed by atoms with E-state index in [1.54, 1.807) is 24.3 Å². The van der Waals surface area contributed by atoms with Gasteiger partial charge in [0.25, 0.3) is 0 Å². The van der Waals surface area contributed by atoms with Gasteiger partial charge in [-0.25, -0.2) is 0 Å². The topological polar surface area (TPSA) is 46.2 Å². The first-order valence-corrected chi connectivity index (χ1v) is 7.26. The van der Waals surface area contributed by atoms with E-state index in [4.69, 9.17) is 40.5 Å². The lowest BCUT2D eigenvalue weighted by molar-refractivity contribution is 0.147.